The third-order valence-corrected chi connectivity index (χ3v) is 7.31. The van der Waals surface area contributed by atoms with Gasteiger partial charge in [0.1, 0.15) is 18.3 Å². The fraction of sp³-hybridized carbons (Fsp3) is 0.250. The fourth-order valence-corrected chi connectivity index (χ4v) is 4.83. The summed E-state index contributed by atoms with van der Waals surface area (Å²) >= 11 is 6.10. The summed E-state index contributed by atoms with van der Waals surface area (Å²) in [6, 6.07) is 22.4. The molecule has 4 rings (SSSR count). The second-order valence-electron chi connectivity index (χ2n) is 9.95. The van der Waals surface area contributed by atoms with Crippen LogP contribution in [0.2, 0.25) is 5.02 Å². The van der Waals surface area contributed by atoms with E-state index >= 15 is 0 Å². The quantitative estimate of drug-likeness (QED) is 0.153. The minimum Gasteiger partial charge on any atom is -0.481 e. The second kappa shape index (κ2) is 14.9. The maximum absolute atomic E-state index is 13.5. The average molecular weight is 605 g/mol. The van der Waals surface area contributed by atoms with Crippen molar-refractivity contribution in [2.24, 2.45) is 7.05 Å². The van der Waals surface area contributed by atoms with E-state index in [1.165, 1.54) is 0 Å². The summed E-state index contributed by atoms with van der Waals surface area (Å²) in [5, 5.41) is 18.8. The molecule has 3 amide bonds. The molecule has 43 heavy (non-hydrogen) atoms. The zero-order valence-electron chi connectivity index (χ0n) is 23.6. The third kappa shape index (κ3) is 8.59. The van der Waals surface area contributed by atoms with Gasteiger partial charge in [0.15, 0.2) is 0 Å². The molecule has 0 saturated carbocycles. The first-order chi connectivity index (χ1) is 20.7. The first kappa shape index (κ1) is 31.1. The van der Waals surface area contributed by atoms with E-state index < -0.39 is 29.9 Å². The number of aliphatic carboxylic acids is 1. The molecule has 0 unspecified atom stereocenters. The number of fused-ring (bicyclic) bond motifs is 1. The molecule has 0 spiro atoms. The van der Waals surface area contributed by atoms with Crippen molar-refractivity contribution in [3.63, 3.8) is 0 Å². The Labute approximate surface area is 254 Å². The molecule has 0 aliphatic heterocycles. The first-order valence-corrected chi connectivity index (χ1v) is 14.2. The summed E-state index contributed by atoms with van der Waals surface area (Å²) in [4.78, 5) is 50.1. The van der Waals surface area contributed by atoms with Crippen molar-refractivity contribution in [1.82, 2.24) is 15.2 Å². The summed E-state index contributed by atoms with van der Waals surface area (Å²) in [6.45, 7) is 0.211. The van der Waals surface area contributed by atoms with Crippen LogP contribution in [-0.4, -0.2) is 46.1 Å². The van der Waals surface area contributed by atoms with Crippen LogP contribution in [0.1, 0.15) is 40.9 Å². The van der Waals surface area contributed by atoms with Crippen molar-refractivity contribution >= 4 is 52.1 Å². The number of aromatic nitrogens is 1. The van der Waals surface area contributed by atoms with Gasteiger partial charge in [0.05, 0.1) is 0 Å². The van der Waals surface area contributed by atoms with Gasteiger partial charge in [-0.1, -0.05) is 66.2 Å². The maximum atomic E-state index is 13.5. The van der Waals surface area contributed by atoms with E-state index in [2.05, 4.69) is 16.0 Å². The number of nitrogens with one attached hydrogen (secondary N) is 3. The van der Waals surface area contributed by atoms with Crippen molar-refractivity contribution < 1.29 is 29.0 Å². The highest BCUT2D eigenvalue weighted by Gasteiger charge is 2.24. The minimum absolute atomic E-state index is 0.0128. The van der Waals surface area contributed by atoms with Crippen LogP contribution < -0.4 is 16.0 Å². The number of aryl methyl sites for hydroxylation is 2. The third-order valence-electron chi connectivity index (χ3n) is 6.95. The molecule has 11 heteroatoms. The van der Waals surface area contributed by atoms with Crippen LogP contribution in [0, 0.1) is 0 Å². The largest absolute Gasteiger partial charge is 0.481 e. The van der Waals surface area contributed by atoms with Crippen LogP contribution in [0.25, 0.3) is 10.9 Å². The van der Waals surface area contributed by atoms with E-state index in [-0.39, 0.29) is 32.4 Å². The molecule has 0 bridgehead atoms. The molecule has 0 aliphatic rings. The van der Waals surface area contributed by atoms with E-state index in [4.69, 9.17) is 21.4 Å². The Bertz CT molecular complexity index is 1620. The lowest BCUT2D eigenvalue weighted by Crippen LogP contribution is -2.44. The number of para-hydroxylation sites is 2. The molecule has 4 N–H and O–H groups in total. The number of carbonyl (C=O) groups excluding carboxylic acids is 3. The minimum atomic E-state index is -0.945. The number of hydrogen-bond donors (Lipinski definition) is 4. The number of carboxylic acids is 1. The summed E-state index contributed by atoms with van der Waals surface area (Å²) < 4.78 is 6.99. The van der Waals surface area contributed by atoms with Gasteiger partial charge < -0.3 is 30.4 Å². The standard InChI is InChI=1S/C32H33ClN4O6/c1-37-27-15-7-4-10-22(27)19-28(37)31(41)36-26(30(40)35-25-13-6-3-9-21(25)16-17-29(38)39)14-8-18-34-32(42)43-20-23-11-2-5-12-24(23)33/h2-7,9-13,15,19,26H,8,14,16-18,20H2,1H3,(H,34,42)(H,35,40)(H,36,41)(H,38,39)/t26-/m0/s1. The van der Waals surface area contributed by atoms with Crippen molar-refractivity contribution in [2.45, 2.75) is 38.3 Å². The Morgan fingerprint density at radius 2 is 1.65 bits per heavy atom. The highest BCUT2D eigenvalue weighted by molar-refractivity contribution is 6.31. The number of nitrogens with zero attached hydrogens (tertiary/aromatic N) is 1. The lowest BCUT2D eigenvalue weighted by molar-refractivity contribution is -0.137. The number of anilines is 1. The molecule has 1 aromatic heterocycles. The number of benzene rings is 3. The molecule has 0 aliphatic carbocycles. The van der Waals surface area contributed by atoms with E-state index in [0.29, 0.717) is 34.0 Å². The van der Waals surface area contributed by atoms with Gasteiger partial charge in [-0.15, -0.1) is 0 Å². The maximum Gasteiger partial charge on any atom is 0.407 e. The van der Waals surface area contributed by atoms with Crippen LogP contribution in [0.15, 0.2) is 78.9 Å². The van der Waals surface area contributed by atoms with E-state index in [1.807, 2.05) is 24.3 Å². The van der Waals surface area contributed by atoms with Gasteiger partial charge in [-0.2, -0.15) is 0 Å². The zero-order chi connectivity index (χ0) is 30.8. The smallest absolute Gasteiger partial charge is 0.407 e. The lowest BCUT2D eigenvalue weighted by atomic mass is 10.1. The molecule has 4 aromatic rings. The molecule has 10 nitrogen and oxygen atoms in total. The van der Waals surface area contributed by atoms with Crippen molar-refractivity contribution in [1.29, 1.82) is 0 Å². The van der Waals surface area contributed by atoms with Gasteiger partial charge in [-0.25, -0.2) is 4.79 Å². The molecular formula is C32H33ClN4O6. The van der Waals surface area contributed by atoms with Crippen LogP contribution in [-0.2, 0) is 34.4 Å². The summed E-state index contributed by atoms with van der Waals surface area (Å²) in [7, 11) is 1.78. The highest BCUT2D eigenvalue weighted by Crippen LogP contribution is 2.20. The first-order valence-electron chi connectivity index (χ1n) is 13.8. The molecule has 0 radical (unpaired) electrons. The van der Waals surface area contributed by atoms with Gasteiger partial charge >= 0.3 is 12.1 Å². The monoisotopic (exact) mass is 604 g/mol. The number of halogens is 1. The van der Waals surface area contributed by atoms with Gasteiger partial charge in [0, 0.05) is 47.2 Å². The van der Waals surface area contributed by atoms with Gasteiger partial charge in [0.25, 0.3) is 5.91 Å². The Kier molecular flexibility index (Phi) is 10.8. The molecule has 224 valence electrons. The van der Waals surface area contributed by atoms with Crippen LogP contribution in [0.5, 0.6) is 0 Å². The van der Waals surface area contributed by atoms with Crippen LogP contribution >= 0.6 is 11.6 Å². The Morgan fingerprint density at radius 1 is 0.953 bits per heavy atom. The topological polar surface area (TPSA) is 139 Å². The summed E-state index contributed by atoms with van der Waals surface area (Å²) in [5.74, 6) is -1.83. The number of carbonyl (C=O) groups is 4. The van der Waals surface area contributed by atoms with Crippen molar-refractivity contribution in [3.8, 4) is 0 Å². The normalized spacial score (nSPS) is 11.5. The van der Waals surface area contributed by atoms with Crippen molar-refractivity contribution in [2.75, 3.05) is 11.9 Å². The molecule has 1 atom stereocenters. The second-order valence-corrected chi connectivity index (χ2v) is 10.4. The summed E-state index contributed by atoms with van der Waals surface area (Å²) in [5.41, 5.74) is 3.08. The average Bonchev–Trinajstić information content (AvgIpc) is 3.34. The van der Waals surface area contributed by atoms with Gasteiger partial charge in [0.2, 0.25) is 5.91 Å². The number of amides is 3. The summed E-state index contributed by atoms with van der Waals surface area (Å²) in [6.07, 6.45) is 0.0809. The molecule has 1 heterocycles. The number of rotatable bonds is 13. The van der Waals surface area contributed by atoms with E-state index in [9.17, 15) is 19.2 Å². The number of carboxylic acid groups (broad SMARTS) is 1. The molecule has 3 aromatic carbocycles. The Hall–Kier alpha value is -4.83. The van der Waals surface area contributed by atoms with Gasteiger partial charge in [-0.3, -0.25) is 14.4 Å². The predicted molar refractivity (Wildman–Crippen MR) is 164 cm³/mol. The Morgan fingerprint density at radius 3 is 2.40 bits per heavy atom. The van der Waals surface area contributed by atoms with Gasteiger partial charge in [-0.05, 0) is 49.1 Å². The van der Waals surface area contributed by atoms with Crippen LogP contribution in [0.4, 0.5) is 10.5 Å². The molecule has 0 fully saturated rings. The van der Waals surface area contributed by atoms with Crippen molar-refractivity contribution in [3.05, 3.63) is 101 Å². The molecular weight excluding hydrogens is 572 g/mol. The zero-order valence-corrected chi connectivity index (χ0v) is 24.4. The number of hydrogen-bond acceptors (Lipinski definition) is 5. The lowest BCUT2D eigenvalue weighted by Gasteiger charge is -2.20. The van der Waals surface area contributed by atoms with Crippen LogP contribution in [0.3, 0.4) is 0 Å². The Balaban J connectivity index is 1.41. The number of ether oxygens (including phenoxy) is 1. The SMILES string of the molecule is Cn1c(C(=O)N[C@@H](CCCNC(=O)OCc2ccccc2Cl)C(=O)Nc2ccccc2CCC(=O)O)cc2ccccc21. The number of alkyl carbamates (subject to hydrolysis) is 1. The fourth-order valence-electron chi connectivity index (χ4n) is 4.64. The van der Waals surface area contributed by atoms with E-state index in [1.54, 1.807) is 66.2 Å². The predicted octanol–water partition coefficient (Wildman–Crippen LogP) is 5.29. The molecule has 0 saturated heterocycles. The highest BCUT2D eigenvalue weighted by atomic mass is 35.5. The van der Waals surface area contributed by atoms with E-state index in [0.717, 1.165) is 10.9 Å².